The summed E-state index contributed by atoms with van der Waals surface area (Å²) in [4.78, 5) is 26.4. The molecule has 1 aromatic heterocycles. The number of carbonyl (C=O) groups is 1. The van der Waals surface area contributed by atoms with Crippen LogP contribution in [0, 0.1) is 0 Å². The number of aliphatic hydroxyl groups excluding tert-OH is 1. The largest absolute Gasteiger partial charge is 0.506 e. The van der Waals surface area contributed by atoms with E-state index in [0.717, 1.165) is 49.4 Å². The summed E-state index contributed by atoms with van der Waals surface area (Å²) >= 11 is 6.19. The fourth-order valence-electron chi connectivity index (χ4n) is 5.40. The van der Waals surface area contributed by atoms with Gasteiger partial charge in [-0.2, -0.15) is 0 Å². The van der Waals surface area contributed by atoms with E-state index >= 15 is 0 Å². The molecule has 11 heteroatoms. The molecule has 5 N–H and O–H groups in total. The summed E-state index contributed by atoms with van der Waals surface area (Å²) in [6.45, 7) is 17.9. The zero-order valence-corrected chi connectivity index (χ0v) is 29.5. The van der Waals surface area contributed by atoms with Crippen LogP contribution < -0.4 is 16.0 Å². The number of phenolic OH excluding ortho intramolecular Hbond substituents is 1. The highest BCUT2D eigenvalue weighted by Crippen LogP contribution is 2.34. The minimum atomic E-state index is -0.515. The highest BCUT2D eigenvalue weighted by Gasteiger charge is 2.32. The van der Waals surface area contributed by atoms with Crippen molar-refractivity contribution in [1.29, 1.82) is 0 Å². The first-order valence-corrected chi connectivity index (χ1v) is 16.6. The Morgan fingerprint density at radius 3 is 2.51 bits per heavy atom. The number of phenols is 1. The van der Waals surface area contributed by atoms with Gasteiger partial charge in [0.15, 0.2) is 0 Å². The van der Waals surface area contributed by atoms with Gasteiger partial charge in [-0.1, -0.05) is 51.4 Å². The Labute approximate surface area is 285 Å². The van der Waals surface area contributed by atoms with Crippen molar-refractivity contribution in [3.05, 3.63) is 88.3 Å². The van der Waals surface area contributed by atoms with Gasteiger partial charge >= 0.3 is 0 Å². The van der Waals surface area contributed by atoms with Gasteiger partial charge in [0.2, 0.25) is 0 Å². The number of anilines is 1. The molecule has 0 aliphatic carbocycles. The van der Waals surface area contributed by atoms with Gasteiger partial charge in [-0.3, -0.25) is 9.79 Å². The van der Waals surface area contributed by atoms with Gasteiger partial charge in [-0.15, -0.1) is 0 Å². The lowest BCUT2D eigenvalue weighted by molar-refractivity contribution is 0.0526. The molecule has 0 saturated carbocycles. The van der Waals surface area contributed by atoms with E-state index in [-0.39, 0.29) is 18.3 Å². The third kappa shape index (κ3) is 10.3. The van der Waals surface area contributed by atoms with Crippen LogP contribution in [-0.4, -0.2) is 84.4 Å². The van der Waals surface area contributed by atoms with Crippen LogP contribution in [0.25, 0.3) is 0 Å². The molecule has 1 unspecified atom stereocenters. The van der Waals surface area contributed by atoms with E-state index in [1.807, 2.05) is 55.8 Å². The van der Waals surface area contributed by atoms with Crippen molar-refractivity contribution in [3.63, 3.8) is 0 Å². The van der Waals surface area contributed by atoms with Crippen molar-refractivity contribution in [3.8, 4) is 5.75 Å². The van der Waals surface area contributed by atoms with Crippen molar-refractivity contribution in [2.24, 2.45) is 15.7 Å². The number of benzene rings is 2. The monoisotopic (exact) mass is 665 g/mol. The van der Waals surface area contributed by atoms with Crippen molar-refractivity contribution < 1.29 is 15.0 Å². The fourth-order valence-corrected chi connectivity index (χ4v) is 5.59. The van der Waals surface area contributed by atoms with E-state index in [4.69, 9.17) is 16.6 Å². The Kier molecular flexibility index (Phi) is 17.0. The SMILES string of the molecule is C=N/C=C(/C)C(=Nc1ccc(N(CCC)CCNCC)cc1O)c1cc2n(c1)CCN(C(CO)c1cccc(Cl)c1)C2=O.CC.CN. The number of aliphatic hydroxyl groups is 1. The second-order valence-electron chi connectivity index (χ2n) is 10.5. The lowest BCUT2D eigenvalue weighted by Gasteiger charge is -2.34. The summed E-state index contributed by atoms with van der Waals surface area (Å²) in [5, 5.41) is 25.2. The van der Waals surface area contributed by atoms with Crippen molar-refractivity contribution in [1.82, 2.24) is 14.8 Å². The molecule has 0 saturated heterocycles. The molecule has 0 spiro atoms. The normalized spacial score (nSPS) is 13.6. The molecule has 0 fully saturated rings. The van der Waals surface area contributed by atoms with Gasteiger partial charge in [-0.25, -0.2) is 4.99 Å². The second-order valence-corrected chi connectivity index (χ2v) is 11.0. The maximum Gasteiger partial charge on any atom is 0.271 e. The maximum atomic E-state index is 13.7. The zero-order chi connectivity index (χ0) is 34.9. The summed E-state index contributed by atoms with van der Waals surface area (Å²) < 4.78 is 1.90. The summed E-state index contributed by atoms with van der Waals surface area (Å²) in [5.74, 6) is -0.127. The van der Waals surface area contributed by atoms with E-state index < -0.39 is 6.04 Å². The van der Waals surface area contributed by atoms with Gasteiger partial charge in [-0.05, 0) is 75.1 Å². The predicted molar refractivity (Wildman–Crippen MR) is 197 cm³/mol. The molecule has 0 bridgehead atoms. The Morgan fingerprint density at radius 1 is 1.15 bits per heavy atom. The van der Waals surface area contributed by atoms with Crippen LogP contribution in [0.1, 0.15) is 68.7 Å². The lowest BCUT2D eigenvalue weighted by Crippen LogP contribution is -2.43. The van der Waals surface area contributed by atoms with Crippen molar-refractivity contribution >= 4 is 41.3 Å². The van der Waals surface area contributed by atoms with Crippen LogP contribution in [0.2, 0.25) is 5.02 Å². The number of likely N-dealkylation sites (N-methyl/N-ethyl adjacent to an activating group) is 1. The minimum absolute atomic E-state index is 0.0671. The molecule has 256 valence electrons. The summed E-state index contributed by atoms with van der Waals surface area (Å²) in [5.41, 5.74) is 9.13. The smallest absolute Gasteiger partial charge is 0.271 e. The number of hydrogen-bond acceptors (Lipinski definition) is 8. The van der Waals surface area contributed by atoms with E-state index in [2.05, 4.69) is 41.5 Å². The molecule has 1 aliphatic heterocycles. The van der Waals surface area contributed by atoms with Gasteiger partial charge in [0.25, 0.3) is 5.91 Å². The minimum Gasteiger partial charge on any atom is -0.506 e. The molecule has 1 atom stereocenters. The van der Waals surface area contributed by atoms with Crippen LogP contribution in [0.5, 0.6) is 5.75 Å². The first-order chi connectivity index (χ1) is 22.8. The number of carbonyl (C=O) groups excluding carboxylic acids is 1. The Morgan fingerprint density at radius 2 is 1.89 bits per heavy atom. The third-order valence-electron chi connectivity index (χ3n) is 7.53. The van der Waals surface area contributed by atoms with Crippen molar-refractivity contribution in [2.75, 3.05) is 51.3 Å². The Balaban J connectivity index is 0.00000185. The first-order valence-electron chi connectivity index (χ1n) is 16.3. The topological polar surface area (TPSA) is 132 Å². The molecule has 2 aromatic carbocycles. The average Bonchev–Trinajstić information content (AvgIpc) is 3.52. The predicted octanol–water partition coefficient (Wildman–Crippen LogP) is 6.19. The van der Waals surface area contributed by atoms with Crippen LogP contribution in [0.3, 0.4) is 0 Å². The first kappa shape index (κ1) is 39.2. The number of nitrogens with zero attached hydrogens (tertiary/aromatic N) is 5. The van der Waals surface area contributed by atoms with E-state index in [1.165, 1.54) is 7.05 Å². The molecule has 10 nitrogen and oxygen atoms in total. The molecule has 47 heavy (non-hydrogen) atoms. The summed E-state index contributed by atoms with van der Waals surface area (Å²) in [7, 11) is 1.50. The molecule has 1 aliphatic rings. The highest BCUT2D eigenvalue weighted by atomic mass is 35.5. The molecule has 2 heterocycles. The molecule has 0 radical (unpaired) electrons. The number of nitrogens with two attached hydrogens (primary N) is 1. The number of hydrogen-bond donors (Lipinski definition) is 4. The molecular weight excluding hydrogens is 614 g/mol. The molecule has 3 aromatic rings. The summed E-state index contributed by atoms with van der Waals surface area (Å²) in [6, 6.07) is 14.0. The van der Waals surface area contributed by atoms with Gasteiger partial charge in [0, 0.05) is 67.5 Å². The van der Waals surface area contributed by atoms with Gasteiger partial charge in [0.1, 0.15) is 17.1 Å². The number of aromatic hydroxyl groups is 1. The van der Waals surface area contributed by atoms with Crippen LogP contribution in [0.4, 0.5) is 11.4 Å². The number of amides is 1. The molecule has 4 rings (SSSR count). The number of halogens is 1. The zero-order valence-electron chi connectivity index (χ0n) is 28.7. The number of nitrogens with one attached hydrogen (secondary N) is 1. The van der Waals surface area contributed by atoms with E-state index in [0.29, 0.717) is 40.8 Å². The number of aliphatic imine (C=N–C) groups is 2. The number of aromatic nitrogens is 1. The quantitative estimate of drug-likeness (QED) is 0.120. The number of rotatable bonds is 14. The van der Waals surface area contributed by atoms with Crippen molar-refractivity contribution in [2.45, 2.75) is 53.6 Å². The van der Waals surface area contributed by atoms with Gasteiger partial charge in [0.05, 0.1) is 18.4 Å². The fraction of sp³-hybridized carbons (Fsp3) is 0.417. The third-order valence-corrected chi connectivity index (χ3v) is 7.77. The second kappa shape index (κ2) is 20.3. The lowest BCUT2D eigenvalue weighted by atomic mass is 10.0. The van der Waals surface area contributed by atoms with E-state index in [9.17, 15) is 15.0 Å². The standard InChI is InChI=1S/C33H41ClN6O3.C2H6.CH5N/c1-5-13-38(14-12-36-6-2)27-10-11-28(31(42)19-27)37-32(23(3)20-35-4)25-18-29-33(43)40(16-15-39(29)21-25)30(22-41)24-8-7-9-26(34)17-24;2*1-2/h7-11,17-21,30,36,41-42H,4-6,12-16,22H2,1-3H3;1-2H3;2H2,1H3/b23-20-,37-32?;;. The number of fused-ring (bicyclic) bond motifs is 1. The van der Waals surface area contributed by atoms with E-state index in [1.54, 1.807) is 35.4 Å². The average molecular weight is 666 g/mol. The molecular formula is C36H52ClN7O3. The Bertz CT molecular complexity index is 1500. The van der Waals surface area contributed by atoms with Crippen LogP contribution in [-0.2, 0) is 6.54 Å². The Hall–Kier alpha value is -3.96. The summed E-state index contributed by atoms with van der Waals surface area (Å²) in [6.07, 6.45) is 4.50. The van der Waals surface area contributed by atoms with Gasteiger partial charge < -0.3 is 35.6 Å². The highest BCUT2D eigenvalue weighted by molar-refractivity contribution is 6.30. The van der Waals surface area contributed by atoms with Crippen LogP contribution in [0.15, 0.2) is 76.5 Å². The number of allylic oxidation sites excluding steroid dienone is 1. The van der Waals surface area contributed by atoms with Crippen LogP contribution >= 0.6 is 11.6 Å². The molecule has 1 amide bonds. The maximum absolute atomic E-state index is 13.7.